The molecule has 0 heterocycles. The zero-order valence-corrected chi connectivity index (χ0v) is 23.5. The first kappa shape index (κ1) is 29.7. The van der Waals surface area contributed by atoms with Crippen LogP contribution in [0, 0.1) is 6.92 Å². The van der Waals surface area contributed by atoms with Crippen LogP contribution in [0.15, 0.2) is 77.7 Å². The molecule has 0 bridgehead atoms. The maximum Gasteiger partial charge on any atom is 0.264 e. The van der Waals surface area contributed by atoms with E-state index in [0.29, 0.717) is 43.0 Å². The summed E-state index contributed by atoms with van der Waals surface area (Å²) in [5.74, 6) is 0.404. The van der Waals surface area contributed by atoms with Gasteiger partial charge >= 0.3 is 0 Å². The molecule has 9 heteroatoms. The minimum absolute atomic E-state index is 0.0320. The molecule has 0 aliphatic carbocycles. The molecule has 0 aliphatic heterocycles. The summed E-state index contributed by atoms with van der Waals surface area (Å²) in [6.45, 7) is 2.82. The van der Waals surface area contributed by atoms with Crippen LogP contribution in [0.2, 0.25) is 0 Å². The van der Waals surface area contributed by atoms with Gasteiger partial charge in [0.2, 0.25) is 5.91 Å². The normalized spacial score (nSPS) is 11.1. The Hall–Kier alpha value is -3.85. The first-order valence-electron chi connectivity index (χ1n) is 12.9. The topological polar surface area (TPSA) is 102 Å². The highest BCUT2D eigenvalue weighted by Gasteiger charge is 2.20. The minimum atomic E-state index is -3.91. The number of rotatable bonds is 14. The van der Waals surface area contributed by atoms with E-state index < -0.39 is 15.9 Å². The maximum atomic E-state index is 13.6. The molecular formula is C30H36N2O6S. The van der Waals surface area contributed by atoms with E-state index in [1.165, 1.54) is 17.7 Å². The average Bonchev–Trinajstić information content (AvgIpc) is 2.95. The molecule has 0 atom stereocenters. The quantitative estimate of drug-likeness (QED) is 0.289. The second kappa shape index (κ2) is 14.3. The van der Waals surface area contributed by atoms with Crippen LogP contribution in [-0.4, -0.2) is 52.4 Å². The molecule has 0 spiro atoms. The number of carbonyl (C=O) groups is 2. The van der Waals surface area contributed by atoms with Gasteiger partial charge in [-0.25, -0.2) is 13.1 Å². The molecule has 0 fully saturated rings. The van der Waals surface area contributed by atoms with E-state index in [2.05, 4.69) is 16.9 Å². The smallest absolute Gasteiger partial charge is 0.264 e. The van der Waals surface area contributed by atoms with Gasteiger partial charge in [0.05, 0.1) is 19.1 Å². The number of hydrogen-bond acceptors (Lipinski definition) is 6. The number of aryl methyl sites for hydroxylation is 1. The van der Waals surface area contributed by atoms with E-state index in [0.717, 1.165) is 18.4 Å². The molecule has 208 valence electrons. The van der Waals surface area contributed by atoms with E-state index in [-0.39, 0.29) is 17.2 Å². The van der Waals surface area contributed by atoms with Crippen molar-refractivity contribution >= 4 is 21.8 Å². The Morgan fingerprint density at radius 1 is 0.821 bits per heavy atom. The monoisotopic (exact) mass is 552 g/mol. The third-order valence-corrected chi connectivity index (χ3v) is 7.80. The molecular weight excluding hydrogens is 516 g/mol. The van der Waals surface area contributed by atoms with Crippen molar-refractivity contribution in [3.05, 3.63) is 89.5 Å². The standard InChI is InChI=1S/C30H36N2O6S/c1-23-27(37-2)21-25(22-28(23)38-3)30(34)32(20-12-15-24-13-6-4-7-14-24)19-11-10-18-29(33)31-39(35,36)26-16-8-5-9-17-26/h4-9,13-14,16-17,21-22H,10-12,15,18-20H2,1-3H3,(H,31,33). The summed E-state index contributed by atoms with van der Waals surface area (Å²) in [5.41, 5.74) is 2.46. The number of sulfonamides is 1. The third-order valence-electron chi connectivity index (χ3n) is 6.41. The number of unbranched alkanes of at least 4 members (excludes halogenated alkanes) is 1. The molecule has 2 amide bonds. The fourth-order valence-electron chi connectivity index (χ4n) is 4.27. The molecule has 0 saturated heterocycles. The van der Waals surface area contributed by atoms with Gasteiger partial charge in [0.15, 0.2) is 0 Å². The van der Waals surface area contributed by atoms with Crippen molar-refractivity contribution in [2.24, 2.45) is 0 Å². The Kier molecular flexibility index (Phi) is 10.9. The van der Waals surface area contributed by atoms with E-state index in [1.54, 1.807) is 49.5 Å². The van der Waals surface area contributed by atoms with Gasteiger partial charge < -0.3 is 14.4 Å². The van der Waals surface area contributed by atoms with Gasteiger partial charge in [-0.1, -0.05) is 48.5 Å². The first-order valence-corrected chi connectivity index (χ1v) is 14.4. The first-order chi connectivity index (χ1) is 18.7. The van der Waals surface area contributed by atoms with Crippen LogP contribution in [0.5, 0.6) is 11.5 Å². The van der Waals surface area contributed by atoms with Crippen molar-refractivity contribution in [2.75, 3.05) is 27.3 Å². The minimum Gasteiger partial charge on any atom is -0.496 e. The molecule has 1 N–H and O–H groups in total. The summed E-state index contributed by atoms with van der Waals surface area (Å²) in [6.07, 6.45) is 2.59. The summed E-state index contributed by atoms with van der Waals surface area (Å²) in [6, 6.07) is 21.3. The summed E-state index contributed by atoms with van der Waals surface area (Å²) in [5, 5.41) is 0. The Bertz CT molecular complexity index is 1320. The van der Waals surface area contributed by atoms with Crippen molar-refractivity contribution in [2.45, 2.75) is 43.9 Å². The van der Waals surface area contributed by atoms with E-state index in [1.807, 2.05) is 25.1 Å². The predicted octanol–water partition coefficient (Wildman–Crippen LogP) is 4.76. The number of hydrogen-bond donors (Lipinski definition) is 1. The maximum absolute atomic E-state index is 13.6. The van der Waals surface area contributed by atoms with Crippen molar-refractivity contribution in [3.63, 3.8) is 0 Å². The highest BCUT2D eigenvalue weighted by atomic mass is 32.2. The van der Waals surface area contributed by atoms with Gasteiger partial charge in [0, 0.05) is 30.6 Å². The van der Waals surface area contributed by atoms with E-state index in [9.17, 15) is 18.0 Å². The van der Waals surface area contributed by atoms with E-state index in [4.69, 9.17) is 9.47 Å². The highest BCUT2D eigenvalue weighted by Crippen LogP contribution is 2.30. The lowest BCUT2D eigenvalue weighted by Crippen LogP contribution is -2.34. The Morgan fingerprint density at radius 2 is 1.38 bits per heavy atom. The molecule has 8 nitrogen and oxygen atoms in total. The molecule has 0 aliphatic rings. The number of carbonyl (C=O) groups excluding carboxylic acids is 2. The second-order valence-electron chi connectivity index (χ2n) is 9.19. The predicted molar refractivity (Wildman–Crippen MR) is 151 cm³/mol. The van der Waals surface area contributed by atoms with Gasteiger partial charge in [-0.15, -0.1) is 0 Å². The molecule has 39 heavy (non-hydrogen) atoms. The molecule has 3 aromatic rings. The van der Waals surface area contributed by atoms with Gasteiger partial charge in [0.25, 0.3) is 15.9 Å². The number of nitrogens with one attached hydrogen (secondary N) is 1. The number of benzene rings is 3. The fourth-order valence-corrected chi connectivity index (χ4v) is 5.31. The number of ether oxygens (including phenoxy) is 2. The summed E-state index contributed by atoms with van der Waals surface area (Å²) < 4.78 is 37.8. The summed E-state index contributed by atoms with van der Waals surface area (Å²) >= 11 is 0. The van der Waals surface area contributed by atoms with Crippen LogP contribution in [-0.2, 0) is 21.2 Å². The lowest BCUT2D eigenvalue weighted by molar-refractivity contribution is -0.119. The highest BCUT2D eigenvalue weighted by molar-refractivity contribution is 7.90. The van der Waals surface area contributed by atoms with Crippen molar-refractivity contribution in [3.8, 4) is 11.5 Å². The Morgan fingerprint density at radius 3 is 1.97 bits per heavy atom. The van der Waals surface area contributed by atoms with Gasteiger partial charge in [-0.3, -0.25) is 9.59 Å². The van der Waals surface area contributed by atoms with Crippen LogP contribution < -0.4 is 14.2 Å². The van der Waals surface area contributed by atoms with Gasteiger partial charge in [-0.05, 0) is 62.4 Å². The molecule has 0 radical (unpaired) electrons. The zero-order valence-electron chi connectivity index (χ0n) is 22.7. The van der Waals surface area contributed by atoms with Crippen LogP contribution in [0.4, 0.5) is 0 Å². The molecule has 3 aromatic carbocycles. The number of nitrogens with zero attached hydrogens (tertiary/aromatic N) is 1. The number of amides is 2. The lowest BCUT2D eigenvalue weighted by Gasteiger charge is -2.24. The van der Waals surface area contributed by atoms with Crippen LogP contribution >= 0.6 is 0 Å². The lowest BCUT2D eigenvalue weighted by atomic mass is 10.1. The van der Waals surface area contributed by atoms with Crippen LogP contribution in [0.3, 0.4) is 0 Å². The molecule has 0 saturated carbocycles. The van der Waals surface area contributed by atoms with Crippen molar-refractivity contribution in [1.82, 2.24) is 9.62 Å². The van der Waals surface area contributed by atoms with E-state index >= 15 is 0 Å². The second-order valence-corrected chi connectivity index (χ2v) is 10.9. The van der Waals surface area contributed by atoms with Crippen molar-refractivity contribution in [1.29, 1.82) is 0 Å². The Labute approximate surface area is 231 Å². The van der Waals surface area contributed by atoms with Gasteiger partial charge in [0.1, 0.15) is 11.5 Å². The SMILES string of the molecule is COc1cc(C(=O)N(CCCCC(=O)NS(=O)(=O)c2ccccc2)CCCc2ccccc2)cc(OC)c1C. The Balaban J connectivity index is 1.63. The fraction of sp³-hybridized carbons (Fsp3) is 0.333. The average molecular weight is 553 g/mol. The van der Waals surface area contributed by atoms with Crippen molar-refractivity contribution < 1.29 is 27.5 Å². The van der Waals surface area contributed by atoms with Crippen LogP contribution in [0.1, 0.15) is 47.2 Å². The summed E-state index contributed by atoms with van der Waals surface area (Å²) in [4.78, 5) is 27.7. The molecule has 0 unspecified atom stereocenters. The molecule has 0 aromatic heterocycles. The number of methoxy groups -OCH3 is 2. The largest absolute Gasteiger partial charge is 0.496 e. The zero-order chi connectivity index (χ0) is 28.3. The summed E-state index contributed by atoms with van der Waals surface area (Å²) in [7, 11) is -0.801. The third kappa shape index (κ3) is 8.58. The molecule has 3 rings (SSSR count). The van der Waals surface area contributed by atoms with Gasteiger partial charge in [-0.2, -0.15) is 0 Å². The van der Waals surface area contributed by atoms with Crippen LogP contribution in [0.25, 0.3) is 0 Å².